The summed E-state index contributed by atoms with van der Waals surface area (Å²) in [6.45, 7) is 0. The summed E-state index contributed by atoms with van der Waals surface area (Å²) in [4.78, 5) is 7.87. The molecule has 58 heavy (non-hydrogen) atoms. The van der Waals surface area contributed by atoms with E-state index in [4.69, 9.17) is 24.2 Å². The van der Waals surface area contributed by atoms with Gasteiger partial charge in [-0.2, -0.15) is 21.6 Å². The molecule has 0 aliphatic carbocycles. The van der Waals surface area contributed by atoms with Crippen molar-refractivity contribution >= 4 is 51.3 Å². The Bertz CT molecular complexity index is 2280. The van der Waals surface area contributed by atoms with Gasteiger partial charge in [0, 0.05) is 29.4 Å². The minimum Gasteiger partial charge on any atom is -0.279 e. The highest BCUT2D eigenvalue weighted by Gasteiger charge is 2.44. The van der Waals surface area contributed by atoms with Crippen LogP contribution in [0.3, 0.4) is 0 Å². The van der Waals surface area contributed by atoms with E-state index in [9.17, 15) is 13.2 Å². The molecular weight excluding hydrogens is 830 g/mol. The summed E-state index contributed by atoms with van der Waals surface area (Å²) in [5.74, 6) is 0. The zero-order valence-electron chi connectivity index (χ0n) is 31.0. The lowest BCUT2D eigenvalue weighted by Crippen LogP contribution is -2.21. The van der Waals surface area contributed by atoms with E-state index in [2.05, 4.69) is 181 Å². The number of thiol groups is 1. The second-order valence-electron chi connectivity index (χ2n) is 12.2. The molecule has 0 atom stereocenters. The molecule has 0 saturated heterocycles. The van der Waals surface area contributed by atoms with Gasteiger partial charge in [0.2, 0.25) is 0 Å². The number of alkyl halides is 3. The van der Waals surface area contributed by atoms with Crippen molar-refractivity contribution in [1.82, 2.24) is 0 Å². The lowest BCUT2D eigenvalue weighted by Gasteiger charge is -2.40. The van der Waals surface area contributed by atoms with Crippen LogP contribution in [0, 0.1) is 0 Å². The standard InChI is InChI=1S/C22H18S2.C18H16S2.C6H6.CHF3O3S/c1-4-11-19(12-5-1)24(22-17-10-18-23-22,20-13-6-2-7-14-20)21-15-8-3-9-16-21;19-20(16-10-4-1-5-11-16,17-12-6-2-7-13-17)18-14-8-3-9-15-18;1-2-4-6-5-3-1;2-1(3,4)8(5,6)7/h1-18H;1-15,20H;1-6H;(H,5,6,7). The van der Waals surface area contributed by atoms with Crippen molar-refractivity contribution in [2.24, 2.45) is 0 Å². The second-order valence-corrected chi connectivity index (χ2v) is 22.3. The van der Waals surface area contributed by atoms with Crippen molar-refractivity contribution in [2.45, 2.75) is 39.1 Å². The molecule has 0 aliphatic heterocycles. The molecule has 7 aromatic carbocycles. The van der Waals surface area contributed by atoms with Gasteiger partial charge in [0.25, 0.3) is 0 Å². The molecule has 298 valence electrons. The first-order chi connectivity index (χ1) is 28.0. The molecule has 0 radical (unpaired) electrons. The molecule has 3 nitrogen and oxygen atoms in total. The smallest absolute Gasteiger partial charge is 0.279 e. The molecule has 1 heterocycles. The van der Waals surface area contributed by atoms with Crippen LogP contribution in [-0.2, 0) is 29.9 Å². The predicted molar refractivity (Wildman–Crippen MR) is 239 cm³/mol. The fourth-order valence-corrected chi connectivity index (χ4v) is 15.1. The molecule has 0 saturated carbocycles. The Kier molecular flexibility index (Phi) is 15.9. The Morgan fingerprint density at radius 2 is 0.672 bits per heavy atom. The van der Waals surface area contributed by atoms with Crippen LogP contribution in [0.15, 0.2) is 269 Å². The van der Waals surface area contributed by atoms with E-state index in [1.54, 1.807) is 0 Å². The highest BCUT2D eigenvalue weighted by atomic mass is 32.9. The quantitative estimate of drug-likeness (QED) is 0.0952. The SMILES string of the molecule is O=S(=O)(O)C(F)(F)F.S=[SH](c1ccccc1)(c1ccccc1)c1ccccc1.c1ccc(S(c2ccccc2)(c2ccccc2)c2cccs2)cc1.c1ccccc1. The summed E-state index contributed by atoms with van der Waals surface area (Å²) in [6, 6.07) is 80.7. The first-order valence-corrected chi connectivity index (χ1v) is 24.6. The Balaban J connectivity index is 0.000000168. The van der Waals surface area contributed by atoms with Gasteiger partial charge < -0.3 is 0 Å². The van der Waals surface area contributed by atoms with E-state index < -0.39 is 34.2 Å². The molecule has 11 heteroatoms. The molecule has 0 bridgehead atoms. The number of thiophene rings is 1. The zero-order chi connectivity index (χ0) is 41.3. The van der Waals surface area contributed by atoms with Gasteiger partial charge in [0.1, 0.15) is 0 Å². The Hall–Kier alpha value is -5.14. The number of benzene rings is 7. The van der Waals surface area contributed by atoms with E-state index in [0.717, 1.165) is 0 Å². The normalized spacial score (nSPS) is 11.9. The molecule has 0 unspecified atom stereocenters. The zero-order valence-corrected chi connectivity index (χ0v) is 35.2. The van der Waals surface area contributed by atoms with Gasteiger partial charge in [-0.1, -0.05) is 163 Å². The fraction of sp³-hybridized carbons (Fsp3) is 0.0213. The van der Waals surface area contributed by atoms with Gasteiger partial charge in [-0.05, 0) is 84.2 Å². The minimum atomic E-state index is -5.84. The Morgan fingerprint density at radius 1 is 0.431 bits per heavy atom. The average molecular weight is 871 g/mol. The number of halogens is 3. The lowest BCUT2D eigenvalue weighted by molar-refractivity contribution is -0.0510. The molecule has 8 rings (SSSR count). The van der Waals surface area contributed by atoms with Gasteiger partial charge in [-0.25, -0.2) is 0 Å². The predicted octanol–water partition coefficient (Wildman–Crippen LogP) is 13.7. The molecule has 1 aromatic heterocycles. The monoisotopic (exact) mass is 870 g/mol. The van der Waals surface area contributed by atoms with Crippen LogP contribution < -0.4 is 0 Å². The number of rotatable bonds is 7. The third kappa shape index (κ3) is 11.1. The highest BCUT2D eigenvalue weighted by Crippen LogP contribution is 2.74. The minimum absolute atomic E-state index is 1.24. The number of hydrogen-bond acceptors (Lipinski definition) is 4. The third-order valence-electron chi connectivity index (χ3n) is 8.41. The molecule has 0 amide bonds. The maximum absolute atomic E-state index is 10.7. The summed E-state index contributed by atoms with van der Waals surface area (Å²) in [5.41, 5.74) is -5.53. The van der Waals surface area contributed by atoms with Crippen LogP contribution in [0.4, 0.5) is 13.2 Å². The van der Waals surface area contributed by atoms with E-state index in [0.29, 0.717) is 0 Å². The van der Waals surface area contributed by atoms with Gasteiger partial charge in [0.15, 0.2) is 0 Å². The maximum Gasteiger partial charge on any atom is 0.522 e. The van der Waals surface area contributed by atoms with E-state index >= 15 is 0 Å². The second kappa shape index (κ2) is 21.0. The highest BCUT2D eigenvalue weighted by molar-refractivity contribution is 8.40. The van der Waals surface area contributed by atoms with Gasteiger partial charge in [-0.3, -0.25) is 4.55 Å². The van der Waals surface area contributed by atoms with E-state index in [-0.39, 0.29) is 0 Å². The molecular formula is C47H41F3O3S5. The Morgan fingerprint density at radius 3 is 0.897 bits per heavy atom. The van der Waals surface area contributed by atoms with Crippen LogP contribution in [0.5, 0.6) is 0 Å². The van der Waals surface area contributed by atoms with Crippen LogP contribution in [0.25, 0.3) is 0 Å². The summed E-state index contributed by atoms with van der Waals surface area (Å²) < 4.78 is 59.0. The van der Waals surface area contributed by atoms with Crippen molar-refractivity contribution in [1.29, 1.82) is 0 Å². The molecule has 0 aliphatic rings. The van der Waals surface area contributed by atoms with Gasteiger partial charge in [-0.15, -0.1) is 30.0 Å². The third-order valence-corrected chi connectivity index (χ3v) is 19.3. The Labute approximate surface area is 350 Å². The van der Waals surface area contributed by atoms with Crippen molar-refractivity contribution in [3.05, 3.63) is 236 Å². The van der Waals surface area contributed by atoms with E-state index in [1.807, 2.05) is 65.9 Å². The van der Waals surface area contributed by atoms with Gasteiger partial charge >= 0.3 is 15.6 Å². The molecule has 0 fully saturated rings. The molecule has 0 spiro atoms. The van der Waals surface area contributed by atoms with Crippen LogP contribution >= 0.6 is 21.4 Å². The van der Waals surface area contributed by atoms with Crippen molar-refractivity contribution < 1.29 is 26.1 Å². The largest absolute Gasteiger partial charge is 0.522 e. The maximum atomic E-state index is 10.7. The topological polar surface area (TPSA) is 54.4 Å². The fourth-order valence-electron chi connectivity index (χ4n) is 5.81. The van der Waals surface area contributed by atoms with Crippen LogP contribution in [0.2, 0.25) is 0 Å². The van der Waals surface area contributed by atoms with Crippen molar-refractivity contribution in [3.8, 4) is 0 Å². The molecule has 8 aromatic rings. The van der Waals surface area contributed by atoms with Crippen molar-refractivity contribution in [3.63, 3.8) is 0 Å². The first-order valence-electron chi connectivity index (χ1n) is 17.8. The average Bonchev–Trinajstić information content (AvgIpc) is 3.82. The van der Waals surface area contributed by atoms with Gasteiger partial charge in [0.05, 0.1) is 4.21 Å². The first kappa shape index (κ1) is 44.0. The number of hydrogen-bond donors (Lipinski definition) is 2. The summed E-state index contributed by atoms with van der Waals surface area (Å²) >= 11 is 8.06. The van der Waals surface area contributed by atoms with E-state index in [1.165, 1.54) is 33.6 Å². The summed E-state index contributed by atoms with van der Waals surface area (Å²) in [5, 5.41) is 2.19. The van der Waals surface area contributed by atoms with Crippen molar-refractivity contribution in [2.75, 3.05) is 0 Å². The van der Waals surface area contributed by atoms with Crippen LogP contribution in [0.1, 0.15) is 0 Å². The summed E-state index contributed by atoms with van der Waals surface area (Å²) in [7, 11) is -9.23. The molecule has 1 N–H and O–H groups in total. The summed E-state index contributed by atoms with van der Waals surface area (Å²) in [6.07, 6.45) is 0. The lowest BCUT2D eigenvalue weighted by atomic mass is 10.4. The van der Waals surface area contributed by atoms with Crippen LogP contribution in [-0.4, -0.2) is 18.5 Å².